The summed E-state index contributed by atoms with van der Waals surface area (Å²) in [5.41, 5.74) is 5.37. The molecule has 0 aliphatic carbocycles. The fourth-order valence-electron chi connectivity index (χ4n) is 1.63. The van der Waals surface area contributed by atoms with Gasteiger partial charge in [-0.05, 0) is 5.56 Å². The first-order chi connectivity index (χ1) is 9.34. The SMILES string of the molecule is NC(=O)[C@@H](O)[C@@H](O)[C@H](O)[C@@H](O)C(=O)Cc1ccccc1. The van der Waals surface area contributed by atoms with Gasteiger partial charge in [-0.25, -0.2) is 0 Å². The van der Waals surface area contributed by atoms with E-state index in [1.54, 1.807) is 30.3 Å². The number of benzene rings is 1. The molecule has 110 valence electrons. The van der Waals surface area contributed by atoms with Crippen molar-refractivity contribution in [1.82, 2.24) is 0 Å². The Labute approximate surface area is 115 Å². The highest BCUT2D eigenvalue weighted by Crippen LogP contribution is 2.09. The van der Waals surface area contributed by atoms with Crippen LogP contribution in [0.2, 0.25) is 0 Å². The Morgan fingerprint density at radius 2 is 1.45 bits per heavy atom. The van der Waals surface area contributed by atoms with E-state index in [-0.39, 0.29) is 6.42 Å². The van der Waals surface area contributed by atoms with Gasteiger partial charge in [0.15, 0.2) is 11.9 Å². The van der Waals surface area contributed by atoms with Crippen LogP contribution in [-0.4, -0.2) is 56.5 Å². The minimum absolute atomic E-state index is 0.154. The first-order valence-corrected chi connectivity index (χ1v) is 5.92. The quantitative estimate of drug-likeness (QED) is 0.382. The lowest BCUT2D eigenvalue weighted by molar-refractivity contribution is -0.152. The van der Waals surface area contributed by atoms with Gasteiger partial charge in [0.1, 0.15) is 18.3 Å². The number of aliphatic hydroxyl groups is 4. The van der Waals surface area contributed by atoms with Crippen molar-refractivity contribution in [3.63, 3.8) is 0 Å². The van der Waals surface area contributed by atoms with Crippen LogP contribution in [-0.2, 0) is 16.0 Å². The molecule has 4 atom stereocenters. The van der Waals surface area contributed by atoms with Crippen molar-refractivity contribution >= 4 is 11.7 Å². The molecule has 0 aliphatic rings. The number of amides is 1. The second-order valence-electron chi connectivity index (χ2n) is 4.40. The van der Waals surface area contributed by atoms with Crippen molar-refractivity contribution < 1.29 is 30.0 Å². The molecule has 0 bridgehead atoms. The highest BCUT2D eigenvalue weighted by molar-refractivity contribution is 5.86. The van der Waals surface area contributed by atoms with E-state index < -0.39 is 36.1 Å². The summed E-state index contributed by atoms with van der Waals surface area (Å²) in [4.78, 5) is 22.4. The number of rotatable bonds is 7. The van der Waals surface area contributed by atoms with E-state index in [0.29, 0.717) is 5.56 Å². The Morgan fingerprint density at radius 3 is 1.95 bits per heavy atom. The summed E-state index contributed by atoms with van der Waals surface area (Å²) in [7, 11) is 0. The van der Waals surface area contributed by atoms with Crippen LogP contribution in [0.15, 0.2) is 30.3 Å². The van der Waals surface area contributed by atoms with Crippen LogP contribution < -0.4 is 5.73 Å². The van der Waals surface area contributed by atoms with Gasteiger partial charge < -0.3 is 26.2 Å². The second kappa shape index (κ2) is 7.11. The van der Waals surface area contributed by atoms with Crippen molar-refractivity contribution in [2.75, 3.05) is 0 Å². The molecule has 0 spiro atoms. The van der Waals surface area contributed by atoms with E-state index in [1.165, 1.54) is 0 Å². The van der Waals surface area contributed by atoms with Crippen LogP contribution >= 0.6 is 0 Å². The molecule has 0 saturated carbocycles. The lowest BCUT2D eigenvalue weighted by Crippen LogP contribution is -2.51. The summed E-state index contributed by atoms with van der Waals surface area (Å²) >= 11 is 0. The number of primary amides is 1. The molecule has 0 fully saturated rings. The maximum Gasteiger partial charge on any atom is 0.249 e. The molecule has 1 rings (SSSR count). The van der Waals surface area contributed by atoms with Gasteiger partial charge in [-0.2, -0.15) is 0 Å². The van der Waals surface area contributed by atoms with Gasteiger partial charge in [0, 0.05) is 6.42 Å². The van der Waals surface area contributed by atoms with Gasteiger partial charge in [-0.3, -0.25) is 9.59 Å². The monoisotopic (exact) mass is 283 g/mol. The van der Waals surface area contributed by atoms with Crippen LogP contribution in [0, 0.1) is 0 Å². The molecule has 7 nitrogen and oxygen atoms in total. The fraction of sp³-hybridized carbons (Fsp3) is 0.385. The molecule has 6 N–H and O–H groups in total. The Balaban J connectivity index is 2.66. The van der Waals surface area contributed by atoms with E-state index in [9.17, 15) is 30.0 Å². The van der Waals surface area contributed by atoms with Gasteiger partial charge in [0.05, 0.1) is 0 Å². The minimum atomic E-state index is -2.07. The number of Topliss-reactive ketones (excluding diaryl/α,β-unsaturated/α-hetero) is 1. The van der Waals surface area contributed by atoms with Crippen molar-refractivity contribution in [1.29, 1.82) is 0 Å². The van der Waals surface area contributed by atoms with E-state index in [4.69, 9.17) is 5.73 Å². The molecule has 1 aromatic rings. The second-order valence-corrected chi connectivity index (χ2v) is 4.40. The zero-order valence-corrected chi connectivity index (χ0v) is 10.6. The smallest absolute Gasteiger partial charge is 0.249 e. The van der Waals surface area contributed by atoms with Gasteiger partial charge in [0.2, 0.25) is 5.91 Å². The molecule has 0 heterocycles. The van der Waals surface area contributed by atoms with Crippen LogP contribution in [0.25, 0.3) is 0 Å². The highest BCUT2D eigenvalue weighted by Gasteiger charge is 2.36. The molecule has 0 unspecified atom stereocenters. The molecule has 1 amide bonds. The predicted octanol–water partition coefficient (Wildman–Crippen LogP) is -2.27. The summed E-state index contributed by atoms with van der Waals surface area (Å²) < 4.78 is 0. The summed E-state index contributed by atoms with van der Waals surface area (Å²) in [6.07, 6.45) is -8.20. The number of carbonyl (C=O) groups excluding carboxylic acids is 2. The number of hydrogen-bond donors (Lipinski definition) is 5. The Kier molecular flexibility index (Phi) is 5.78. The molecule has 0 aromatic heterocycles. The van der Waals surface area contributed by atoms with Gasteiger partial charge in [-0.1, -0.05) is 30.3 Å². The van der Waals surface area contributed by atoms with Gasteiger partial charge >= 0.3 is 0 Å². The first-order valence-electron chi connectivity index (χ1n) is 5.92. The van der Waals surface area contributed by atoms with Gasteiger partial charge in [0.25, 0.3) is 0 Å². The number of hydrogen-bond acceptors (Lipinski definition) is 6. The minimum Gasteiger partial charge on any atom is -0.387 e. The molecule has 0 radical (unpaired) electrons. The molecule has 20 heavy (non-hydrogen) atoms. The largest absolute Gasteiger partial charge is 0.387 e. The lowest BCUT2D eigenvalue weighted by atomic mass is 9.96. The Hall–Kier alpha value is -1.80. The zero-order chi connectivity index (χ0) is 15.3. The predicted molar refractivity (Wildman–Crippen MR) is 68.4 cm³/mol. The van der Waals surface area contributed by atoms with Crippen molar-refractivity contribution in [2.45, 2.75) is 30.8 Å². The average molecular weight is 283 g/mol. The van der Waals surface area contributed by atoms with Crippen molar-refractivity contribution in [2.24, 2.45) is 5.73 Å². The molecule has 7 heteroatoms. The summed E-state index contributed by atoms with van der Waals surface area (Å²) in [5, 5.41) is 37.8. The lowest BCUT2D eigenvalue weighted by Gasteiger charge is -2.24. The molecule has 0 saturated heterocycles. The normalized spacial score (nSPS) is 17.0. The van der Waals surface area contributed by atoms with E-state index in [2.05, 4.69) is 0 Å². The number of carbonyl (C=O) groups is 2. The maximum atomic E-state index is 11.7. The first kappa shape index (κ1) is 16.3. The Bertz CT molecular complexity index is 463. The number of ketones is 1. The van der Waals surface area contributed by atoms with Crippen LogP contribution in [0.3, 0.4) is 0 Å². The molecular weight excluding hydrogens is 266 g/mol. The summed E-state index contributed by atoms with van der Waals surface area (Å²) in [5.74, 6) is -2.02. The zero-order valence-electron chi connectivity index (χ0n) is 10.6. The third kappa shape index (κ3) is 4.10. The van der Waals surface area contributed by atoms with Crippen LogP contribution in [0.1, 0.15) is 5.56 Å². The Morgan fingerprint density at radius 1 is 0.950 bits per heavy atom. The third-order valence-electron chi connectivity index (χ3n) is 2.84. The van der Waals surface area contributed by atoms with E-state index in [0.717, 1.165) is 0 Å². The van der Waals surface area contributed by atoms with E-state index in [1.807, 2.05) is 0 Å². The summed E-state index contributed by atoms with van der Waals surface area (Å²) in [6, 6.07) is 8.48. The maximum absolute atomic E-state index is 11.7. The molecular formula is C13H17NO6. The topological polar surface area (TPSA) is 141 Å². The number of aliphatic hydroxyl groups excluding tert-OH is 4. The fourth-order valence-corrected chi connectivity index (χ4v) is 1.63. The average Bonchev–Trinajstić information content (AvgIpc) is 2.44. The molecule has 1 aromatic carbocycles. The van der Waals surface area contributed by atoms with Crippen molar-refractivity contribution in [3.05, 3.63) is 35.9 Å². The molecule has 0 aliphatic heterocycles. The van der Waals surface area contributed by atoms with E-state index >= 15 is 0 Å². The van der Waals surface area contributed by atoms with Gasteiger partial charge in [-0.15, -0.1) is 0 Å². The van der Waals surface area contributed by atoms with Crippen molar-refractivity contribution in [3.8, 4) is 0 Å². The highest BCUT2D eigenvalue weighted by atomic mass is 16.4. The third-order valence-corrected chi connectivity index (χ3v) is 2.84. The van der Waals surface area contributed by atoms with Crippen LogP contribution in [0.5, 0.6) is 0 Å². The number of nitrogens with two attached hydrogens (primary N) is 1. The summed E-state index contributed by atoms with van der Waals surface area (Å²) in [6.45, 7) is 0. The van der Waals surface area contributed by atoms with Crippen LogP contribution in [0.4, 0.5) is 0 Å². The standard InChI is InChI=1S/C13H17NO6/c14-13(20)12(19)11(18)10(17)9(16)8(15)6-7-4-2-1-3-5-7/h1-5,9-12,16-19H,6H2,(H2,14,20)/t9-,10+,11-,12-/m0/s1.